The third-order valence-corrected chi connectivity index (χ3v) is 1.30. The average Bonchev–Trinajstić information content (AvgIpc) is 2.08. The number of rotatable bonds is 4. The number of allylic oxidation sites excluding steroid dienone is 4. The zero-order valence-corrected chi connectivity index (χ0v) is 8.34. The van der Waals surface area contributed by atoms with Gasteiger partial charge in [0.1, 0.15) is 0 Å². The molecule has 0 aromatic heterocycles. The van der Waals surface area contributed by atoms with Gasteiger partial charge in [0, 0.05) is 0 Å². The van der Waals surface area contributed by atoms with E-state index < -0.39 is 0 Å². The molecule has 70 valence electrons. The second-order valence-corrected chi connectivity index (χ2v) is 2.37. The molecule has 0 unspecified atom stereocenters. The lowest BCUT2D eigenvalue weighted by Crippen LogP contribution is -1.97. The minimum atomic E-state index is 0.769. The third-order valence-electron chi connectivity index (χ3n) is 1.30. The van der Waals surface area contributed by atoms with E-state index in [1.807, 2.05) is 19.9 Å². The topological polar surface area (TPSA) is 26.0 Å². The molecular formula is C11H21N. The fraction of sp³-hybridized carbons (Fsp3) is 0.455. The minimum Gasteiger partial charge on any atom is -0.330 e. The van der Waals surface area contributed by atoms with Crippen LogP contribution in [0.2, 0.25) is 0 Å². The molecule has 12 heavy (non-hydrogen) atoms. The molecule has 2 N–H and O–H groups in total. The van der Waals surface area contributed by atoms with Gasteiger partial charge in [-0.15, -0.1) is 6.58 Å². The lowest BCUT2D eigenvalue weighted by atomic mass is 10.1. The van der Waals surface area contributed by atoms with E-state index in [1.165, 1.54) is 5.57 Å². The molecule has 0 heterocycles. The fourth-order valence-electron chi connectivity index (χ4n) is 0.670. The van der Waals surface area contributed by atoms with Gasteiger partial charge in [-0.25, -0.2) is 0 Å². The van der Waals surface area contributed by atoms with Crippen LogP contribution < -0.4 is 5.73 Å². The van der Waals surface area contributed by atoms with Gasteiger partial charge in [0.05, 0.1) is 0 Å². The summed E-state index contributed by atoms with van der Waals surface area (Å²) in [5, 5.41) is 0. The lowest BCUT2D eigenvalue weighted by Gasteiger charge is -1.96. The van der Waals surface area contributed by atoms with E-state index in [-0.39, 0.29) is 0 Å². The smallest absolute Gasteiger partial charge is 0.00741 e. The Hall–Kier alpha value is -0.820. The van der Waals surface area contributed by atoms with Gasteiger partial charge in [-0.1, -0.05) is 30.4 Å². The SMILES string of the molecule is C=C/C(=C\C)CCCN.C=CC. The van der Waals surface area contributed by atoms with Crippen molar-refractivity contribution >= 4 is 0 Å². The third kappa shape index (κ3) is 11.9. The van der Waals surface area contributed by atoms with E-state index in [2.05, 4.69) is 19.2 Å². The summed E-state index contributed by atoms with van der Waals surface area (Å²) in [6, 6.07) is 0. The molecule has 0 aromatic carbocycles. The predicted octanol–water partition coefficient (Wildman–Crippen LogP) is 3.05. The van der Waals surface area contributed by atoms with Gasteiger partial charge in [0.25, 0.3) is 0 Å². The van der Waals surface area contributed by atoms with E-state index >= 15 is 0 Å². The number of hydrogen-bond acceptors (Lipinski definition) is 1. The van der Waals surface area contributed by atoms with Crippen molar-refractivity contribution in [2.75, 3.05) is 6.54 Å². The molecular weight excluding hydrogens is 146 g/mol. The van der Waals surface area contributed by atoms with Crippen molar-refractivity contribution in [2.24, 2.45) is 5.73 Å². The van der Waals surface area contributed by atoms with Gasteiger partial charge in [-0.05, 0) is 33.2 Å². The van der Waals surface area contributed by atoms with Gasteiger partial charge >= 0.3 is 0 Å². The van der Waals surface area contributed by atoms with E-state index in [0.29, 0.717) is 0 Å². The average molecular weight is 167 g/mol. The standard InChI is InChI=1S/C8H15N.C3H6/c1-3-8(4-2)6-5-7-9;1-3-2/h3-4H,1,5-7,9H2,2H3;3H,1H2,2H3/b8-4+;. The minimum absolute atomic E-state index is 0.769. The van der Waals surface area contributed by atoms with E-state index in [1.54, 1.807) is 6.08 Å². The van der Waals surface area contributed by atoms with Crippen LogP contribution >= 0.6 is 0 Å². The van der Waals surface area contributed by atoms with Crippen molar-refractivity contribution in [1.82, 2.24) is 0 Å². The Bertz CT molecular complexity index is 134. The second kappa shape index (κ2) is 12.8. The normalized spacial score (nSPS) is 9.75. The Morgan fingerprint density at radius 1 is 1.33 bits per heavy atom. The van der Waals surface area contributed by atoms with Crippen LogP contribution in [-0.4, -0.2) is 6.54 Å². The zero-order chi connectivity index (χ0) is 9.82. The van der Waals surface area contributed by atoms with Crippen molar-refractivity contribution in [1.29, 1.82) is 0 Å². The first-order valence-electron chi connectivity index (χ1n) is 4.31. The monoisotopic (exact) mass is 167 g/mol. The highest BCUT2D eigenvalue weighted by Gasteiger charge is 1.86. The summed E-state index contributed by atoms with van der Waals surface area (Å²) in [6.07, 6.45) is 7.83. The van der Waals surface area contributed by atoms with Gasteiger partial charge in [0.2, 0.25) is 0 Å². The highest BCUT2D eigenvalue weighted by atomic mass is 14.5. The molecule has 0 saturated carbocycles. The van der Waals surface area contributed by atoms with E-state index in [4.69, 9.17) is 5.73 Å². The number of nitrogens with two attached hydrogens (primary N) is 1. The molecule has 0 aliphatic rings. The molecule has 0 bridgehead atoms. The highest BCUT2D eigenvalue weighted by Crippen LogP contribution is 2.03. The summed E-state index contributed by atoms with van der Waals surface area (Å²) in [5.41, 5.74) is 6.62. The highest BCUT2D eigenvalue weighted by molar-refractivity contribution is 5.14. The molecule has 0 fully saturated rings. The first-order chi connectivity index (χ1) is 5.76. The first-order valence-corrected chi connectivity index (χ1v) is 4.31. The first kappa shape index (κ1) is 13.7. The Morgan fingerprint density at radius 3 is 2.08 bits per heavy atom. The predicted molar refractivity (Wildman–Crippen MR) is 58.1 cm³/mol. The van der Waals surface area contributed by atoms with Gasteiger partial charge in [-0.3, -0.25) is 0 Å². The molecule has 0 spiro atoms. The van der Waals surface area contributed by atoms with Gasteiger partial charge < -0.3 is 5.73 Å². The molecule has 0 rings (SSSR count). The van der Waals surface area contributed by atoms with E-state index in [0.717, 1.165) is 19.4 Å². The molecule has 1 heteroatoms. The maximum absolute atomic E-state index is 5.32. The molecule has 0 aliphatic carbocycles. The molecule has 0 aliphatic heterocycles. The zero-order valence-electron chi connectivity index (χ0n) is 8.34. The summed E-state index contributed by atoms with van der Waals surface area (Å²) < 4.78 is 0. The summed E-state index contributed by atoms with van der Waals surface area (Å²) >= 11 is 0. The Kier molecular flexibility index (Phi) is 14.7. The van der Waals surface area contributed by atoms with Crippen LogP contribution in [0.15, 0.2) is 37.0 Å². The van der Waals surface area contributed by atoms with Crippen molar-refractivity contribution < 1.29 is 0 Å². The Balaban J connectivity index is 0. The molecule has 0 amide bonds. The lowest BCUT2D eigenvalue weighted by molar-refractivity contribution is 0.835. The summed E-state index contributed by atoms with van der Waals surface area (Å²) in [6.45, 7) is 11.7. The summed E-state index contributed by atoms with van der Waals surface area (Å²) in [4.78, 5) is 0. The quantitative estimate of drug-likeness (QED) is 0.505. The maximum Gasteiger partial charge on any atom is -0.00741 e. The largest absolute Gasteiger partial charge is 0.330 e. The second-order valence-electron chi connectivity index (χ2n) is 2.37. The van der Waals surface area contributed by atoms with Crippen LogP contribution in [0.25, 0.3) is 0 Å². The van der Waals surface area contributed by atoms with Crippen LogP contribution in [-0.2, 0) is 0 Å². The van der Waals surface area contributed by atoms with Crippen LogP contribution in [0.3, 0.4) is 0 Å². The van der Waals surface area contributed by atoms with Crippen LogP contribution in [0.1, 0.15) is 26.7 Å². The molecule has 0 saturated heterocycles. The van der Waals surface area contributed by atoms with Crippen molar-refractivity contribution in [2.45, 2.75) is 26.7 Å². The van der Waals surface area contributed by atoms with Crippen LogP contribution in [0.4, 0.5) is 0 Å². The summed E-state index contributed by atoms with van der Waals surface area (Å²) in [5.74, 6) is 0. The van der Waals surface area contributed by atoms with Crippen molar-refractivity contribution in [3.05, 3.63) is 37.0 Å². The van der Waals surface area contributed by atoms with Crippen LogP contribution in [0, 0.1) is 0 Å². The maximum atomic E-state index is 5.32. The van der Waals surface area contributed by atoms with Gasteiger partial charge in [-0.2, -0.15) is 0 Å². The van der Waals surface area contributed by atoms with Crippen LogP contribution in [0.5, 0.6) is 0 Å². The van der Waals surface area contributed by atoms with Crippen molar-refractivity contribution in [3.8, 4) is 0 Å². The van der Waals surface area contributed by atoms with Crippen molar-refractivity contribution in [3.63, 3.8) is 0 Å². The van der Waals surface area contributed by atoms with E-state index in [9.17, 15) is 0 Å². The summed E-state index contributed by atoms with van der Waals surface area (Å²) in [7, 11) is 0. The fourth-order valence-corrected chi connectivity index (χ4v) is 0.670. The van der Waals surface area contributed by atoms with Gasteiger partial charge in [0.15, 0.2) is 0 Å². The molecule has 1 nitrogen and oxygen atoms in total. The molecule has 0 atom stereocenters. The Morgan fingerprint density at radius 2 is 1.83 bits per heavy atom. The number of hydrogen-bond donors (Lipinski definition) is 1. The Labute approximate surface area is 76.7 Å². The molecule has 0 radical (unpaired) electrons. The molecule has 0 aromatic rings.